The van der Waals surface area contributed by atoms with Crippen molar-refractivity contribution in [2.45, 2.75) is 6.16 Å². The zero-order valence-electron chi connectivity index (χ0n) is 16.9. The predicted octanol–water partition coefficient (Wildman–Crippen LogP) is 4.97. The Labute approximate surface area is 178 Å². The highest BCUT2D eigenvalue weighted by Crippen LogP contribution is 2.58. The number of benzene rings is 4. The number of hydrogen-bond acceptors (Lipinski definition) is 2. The van der Waals surface area contributed by atoms with Crippen LogP contribution in [0.1, 0.15) is 15.9 Å². The third-order valence-corrected chi connectivity index (χ3v) is 9.72. The maximum atomic E-state index is 12.3. The molecule has 0 radical (unpaired) electrons. The topological polar surface area (TPSA) is 26.3 Å². The zero-order chi connectivity index (χ0) is 20.8. The van der Waals surface area contributed by atoms with Crippen molar-refractivity contribution in [1.29, 1.82) is 0 Å². The standard InChI is InChI=1S/C27H24O2P/c1-29-27(28)23-14-11-19-26(20-23)30(24-15-7-3-8-16-24,25-17-9-4-10-18-25)21-22-12-5-2-6-13-22/h2-20H,21H2,1H3/q+1. The monoisotopic (exact) mass is 411 g/mol. The van der Waals surface area contributed by atoms with Crippen molar-refractivity contribution >= 4 is 29.1 Å². The molecule has 0 saturated carbocycles. The highest BCUT2D eigenvalue weighted by Gasteiger charge is 2.45. The van der Waals surface area contributed by atoms with Crippen molar-refractivity contribution in [2.75, 3.05) is 7.11 Å². The summed E-state index contributed by atoms with van der Waals surface area (Å²) in [5.74, 6) is -0.309. The molecule has 0 N–H and O–H groups in total. The predicted molar refractivity (Wildman–Crippen MR) is 127 cm³/mol. The molecule has 0 spiro atoms. The van der Waals surface area contributed by atoms with Crippen molar-refractivity contribution < 1.29 is 9.53 Å². The minimum Gasteiger partial charge on any atom is -0.465 e. The van der Waals surface area contributed by atoms with E-state index in [0.29, 0.717) is 5.56 Å². The molecule has 0 aliphatic carbocycles. The van der Waals surface area contributed by atoms with E-state index >= 15 is 0 Å². The molecule has 0 bridgehead atoms. The van der Waals surface area contributed by atoms with E-state index in [0.717, 1.165) is 6.16 Å². The molecule has 3 heteroatoms. The summed E-state index contributed by atoms with van der Waals surface area (Å²) in [5.41, 5.74) is 1.86. The largest absolute Gasteiger partial charge is 0.465 e. The molecule has 0 amide bonds. The fourth-order valence-electron chi connectivity index (χ4n) is 3.93. The van der Waals surface area contributed by atoms with Crippen molar-refractivity contribution in [3.05, 3.63) is 126 Å². The van der Waals surface area contributed by atoms with E-state index < -0.39 is 7.26 Å². The van der Waals surface area contributed by atoms with E-state index in [9.17, 15) is 4.79 Å². The van der Waals surface area contributed by atoms with Crippen molar-refractivity contribution in [2.24, 2.45) is 0 Å². The van der Waals surface area contributed by atoms with Gasteiger partial charge in [0, 0.05) is 0 Å². The Hall–Kier alpha value is -3.22. The van der Waals surface area contributed by atoms with E-state index in [1.807, 2.05) is 24.3 Å². The second-order valence-corrected chi connectivity index (χ2v) is 10.7. The number of esters is 1. The van der Waals surface area contributed by atoms with Gasteiger partial charge in [0.05, 0.1) is 18.8 Å². The van der Waals surface area contributed by atoms with Crippen LogP contribution in [0.4, 0.5) is 0 Å². The van der Waals surface area contributed by atoms with Gasteiger partial charge in [0.15, 0.2) is 0 Å². The van der Waals surface area contributed by atoms with Crippen LogP contribution in [0.3, 0.4) is 0 Å². The van der Waals surface area contributed by atoms with Crippen LogP contribution in [0.5, 0.6) is 0 Å². The van der Waals surface area contributed by atoms with E-state index in [2.05, 4.69) is 91.0 Å². The van der Waals surface area contributed by atoms with Crippen LogP contribution in [0.15, 0.2) is 115 Å². The van der Waals surface area contributed by atoms with Gasteiger partial charge in [-0.05, 0) is 48.0 Å². The van der Waals surface area contributed by atoms with Crippen LogP contribution in [0.2, 0.25) is 0 Å². The Balaban J connectivity index is 2.01. The Kier molecular flexibility index (Phi) is 6.07. The van der Waals surface area contributed by atoms with Gasteiger partial charge in [-0.15, -0.1) is 0 Å². The van der Waals surface area contributed by atoms with E-state index in [1.54, 1.807) is 0 Å². The molecule has 0 atom stereocenters. The van der Waals surface area contributed by atoms with Crippen LogP contribution < -0.4 is 15.9 Å². The van der Waals surface area contributed by atoms with E-state index in [-0.39, 0.29) is 5.97 Å². The maximum absolute atomic E-state index is 12.3. The summed E-state index contributed by atoms with van der Waals surface area (Å²) in [5, 5.41) is 3.76. The summed E-state index contributed by atoms with van der Waals surface area (Å²) in [7, 11) is -0.634. The summed E-state index contributed by atoms with van der Waals surface area (Å²) in [6.45, 7) is 0. The minimum absolute atomic E-state index is 0.309. The Morgan fingerprint density at radius 1 is 0.667 bits per heavy atom. The lowest BCUT2D eigenvalue weighted by Gasteiger charge is -2.28. The lowest BCUT2D eigenvalue weighted by molar-refractivity contribution is 0.0601. The van der Waals surface area contributed by atoms with Crippen LogP contribution in [-0.4, -0.2) is 13.1 Å². The molecule has 4 rings (SSSR count). The van der Waals surface area contributed by atoms with Gasteiger partial charge in [0.1, 0.15) is 23.2 Å². The molecule has 4 aromatic carbocycles. The summed E-state index contributed by atoms with van der Waals surface area (Å²) in [6, 6.07) is 39.9. The molecular weight excluding hydrogens is 387 g/mol. The molecular formula is C27H24O2P+. The fraction of sp³-hybridized carbons (Fsp3) is 0.0741. The smallest absolute Gasteiger partial charge is 0.337 e. The van der Waals surface area contributed by atoms with E-state index in [4.69, 9.17) is 4.74 Å². The molecule has 0 aromatic heterocycles. The van der Waals surface area contributed by atoms with Crippen molar-refractivity contribution in [3.63, 3.8) is 0 Å². The fourth-order valence-corrected chi connectivity index (χ4v) is 8.19. The van der Waals surface area contributed by atoms with Gasteiger partial charge >= 0.3 is 5.97 Å². The van der Waals surface area contributed by atoms with Crippen LogP contribution >= 0.6 is 7.26 Å². The van der Waals surface area contributed by atoms with E-state index in [1.165, 1.54) is 28.6 Å². The first-order chi connectivity index (χ1) is 14.7. The molecule has 30 heavy (non-hydrogen) atoms. The van der Waals surface area contributed by atoms with Gasteiger partial charge in [-0.3, -0.25) is 0 Å². The number of methoxy groups -OCH3 is 1. The SMILES string of the molecule is COC(=O)c1cccc([P+](Cc2ccccc2)(c2ccccc2)c2ccccc2)c1. The Morgan fingerprint density at radius 3 is 1.70 bits per heavy atom. The number of ether oxygens (including phenoxy) is 1. The average Bonchev–Trinajstić information content (AvgIpc) is 2.84. The lowest BCUT2D eigenvalue weighted by Crippen LogP contribution is -2.33. The molecule has 0 aliphatic rings. The van der Waals surface area contributed by atoms with Gasteiger partial charge in [-0.25, -0.2) is 4.79 Å². The number of carbonyl (C=O) groups is 1. The average molecular weight is 411 g/mol. The highest BCUT2D eigenvalue weighted by molar-refractivity contribution is 7.95. The zero-order valence-corrected chi connectivity index (χ0v) is 17.8. The summed E-state index contributed by atoms with van der Waals surface area (Å²) in [4.78, 5) is 12.3. The van der Waals surface area contributed by atoms with Gasteiger partial charge in [-0.2, -0.15) is 0 Å². The summed E-state index contributed by atoms with van der Waals surface area (Å²) in [6.07, 6.45) is 0.881. The first-order valence-electron chi connectivity index (χ1n) is 9.96. The Morgan fingerprint density at radius 2 is 1.17 bits per heavy atom. The van der Waals surface area contributed by atoms with Crippen LogP contribution in [0, 0.1) is 0 Å². The maximum Gasteiger partial charge on any atom is 0.337 e. The van der Waals surface area contributed by atoms with Crippen LogP contribution in [0.25, 0.3) is 0 Å². The molecule has 148 valence electrons. The Bertz CT molecular complexity index is 1070. The number of hydrogen-bond donors (Lipinski definition) is 0. The second kappa shape index (κ2) is 9.07. The molecule has 0 unspecified atom stereocenters. The number of carbonyl (C=O) groups excluding carboxylic acids is 1. The molecule has 0 fully saturated rings. The molecule has 2 nitrogen and oxygen atoms in total. The minimum atomic E-state index is -2.06. The molecule has 0 heterocycles. The summed E-state index contributed by atoms with van der Waals surface area (Å²) < 4.78 is 5.01. The molecule has 4 aromatic rings. The normalized spacial score (nSPS) is 11.1. The van der Waals surface area contributed by atoms with Gasteiger partial charge < -0.3 is 4.74 Å². The summed E-state index contributed by atoms with van der Waals surface area (Å²) >= 11 is 0. The van der Waals surface area contributed by atoms with Gasteiger partial charge in [0.25, 0.3) is 0 Å². The highest BCUT2D eigenvalue weighted by atomic mass is 31.2. The first kappa shape index (κ1) is 20.1. The third kappa shape index (κ3) is 3.92. The first-order valence-corrected chi connectivity index (χ1v) is 11.9. The molecule has 0 aliphatic heterocycles. The van der Waals surface area contributed by atoms with Crippen LogP contribution in [-0.2, 0) is 10.9 Å². The van der Waals surface area contributed by atoms with Crippen molar-refractivity contribution in [3.8, 4) is 0 Å². The van der Waals surface area contributed by atoms with Gasteiger partial charge in [-0.1, -0.05) is 72.8 Å². The lowest BCUT2D eigenvalue weighted by atomic mass is 10.2. The van der Waals surface area contributed by atoms with Crippen molar-refractivity contribution in [1.82, 2.24) is 0 Å². The second-order valence-electron chi connectivity index (χ2n) is 7.17. The third-order valence-electron chi connectivity index (χ3n) is 5.36. The van der Waals surface area contributed by atoms with Gasteiger partial charge in [0.2, 0.25) is 0 Å². The quantitative estimate of drug-likeness (QED) is 0.331. The molecule has 0 saturated heterocycles. The number of rotatable bonds is 6.